The fraction of sp³-hybridized carbons (Fsp3) is 0.818. The molecule has 0 aromatic rings. The molecule has 0 N–H and O–H groups in total. The molecule has 0 aromatic heterocycles. The lowest BCUT2D eigenvalue weighted by molar-refractivity contribution is -0.169. The molecule has 17 heavy (non-hydrogen) atoms. The summed E-state index contributed by atoms with van der Waals surface area (Å²) in [4.78, 5) is 12.7. The van der Waals surface area contributed by atoms with E-state index < -0.39 is 24.0 Å². The lowest BCUT2D eigenvalue weighted by Crippen LogP contribution is -2.52. The van der Waals surface area contributed by atoms with Crippen molar-refractivity contribution < 1.29 is 18.0 Å². The van der Waals surface area contributed by atoms with Gasteiger partial charge in [-0.05, 0) is 25.7 Å². The Balaban J connectivity index is 2.77. The Labute approximate surface area is 98.2 Å². The summed E-state index contributed by atoms with van der Waals surface area (Å²) in [6.45, 7) is 2.05. The highest BCUT2D eigenvalue weighted by molar-refractivity contribution is 5.86. The van der Waals surface area contributed by atoms with E-state index in [1.54, 1.807) is 0 Å². The topological polar surface area (TPSA) is 44.1 Å². The summed E-state index contributed by atoms with van der Waals surface area (Å²) >= 11 is 0. The summed E-state index contributed by atoms with van der Waals surface area (Å²) in [6.07, 6.45) is -3.70. The van der Waals surface area contributed by atoms with E-state index in [4.69, 9.17) is 5.26 Å². The average Bonchev–Trinajstić information content (AvgIpc) is 2.18. The van der Waals surface area contributed by atoms with E-state index in [-0.39, 0.29) is 12.5 Å². The third-order valence-electron chi connectivity index (χ3n) is 3.06. The molecule has 1 saturated carbocycles. The Bertz CT molecular complexity index is 340. The molecule has 1 aliphatic carbocycles. The fourth-order valence-electron chi connectivity index (χ4n) is 2.29. The number of nitrogens with zero attached hydrogens (tertiary/aromatic N) is 2. The van der Waals surface area contributed by atoms with Crippen molar-refractivity contribution in [1.82, 2.24) is 4.90 Å². The van der Waals surface area contributed by atoms with Crippen molar-refractivity contribution in [3.05, 3.63) is 0 Å². The van der Waals surface area contributed by atoms with E-state index in [2.05, 4.69) is 0 Å². The molecule has 0 spiro atoms. The Morgan fingerprint density at radius 1 is 1.53 bits per heavy atom. The number of alkyl halides is 3. The van der Waals surface area contributed by atoms with E-state index in [0.717, 1.165) is 4.90 Å². The van der Waals surface area contributed by atoms with Gasteiger partial charge in [-0.15, -0.1) is 0 Å². The minimum atomic E-state index is -4.42. The van der Waals surface area contributed by atoms with Crippen LogP contribution >= 0.6 is 0 Å². The van der Waals surface area contributed by atoms with Gasteiger partial charge < -0.3 is 4.90 Å². The highest BCUT2D eigenvalue weighted by Crippen LogP contribution is 2.46. The second kappa shape index (κ2) is 4.55. The minimum Gasteiger partial charge on any atom is -0.332 e. The highest BCUT2D eigenvalue weighted by Gasteiger charge is 2.51. The summed E-state index contributed by atoms with van der Waals surface area (Å²) in [6, 6.07) is 1.89. The number of hydrogen-bond acceptors (Lipinski definition) is 2. The van der Waals surface area contributed by atoms with Crippen LogP contribution in [0.5, 0.6) is 0 Å². The van der Waals surface area contributed by atoms with Gasteiger partial charge in [-0.25, -0.2) is 0 Å². The van der Waals surface area contributed by atoms with Gasteiger partial charge in [0.15, 0.2) is 0 Å². The molecule has 0 atom stereocenters. The standard InChI is InChI=1S/C11H15F3N2O/c1-3-16(7-11(12,13)14)9(17)10(6-15)4-8(2)5-10/h8H,3-5,7H2,1-2H3. The maximum atomic E-state index is 12.3. The zero-order valence-electron chi connectivity index (χ0n) is 9.84. The molecule has 1 aliphatic rings. The van der Waals surface area contributed by atoms with Crippen LogP contribution in [0, 0.1) is 22.7 Å². The minimum absolute atomic E-state index is 0.0316. The number of rotatable bonds is 3. The lowest BCUT2D eigenvalue weighted by Gasteiger charge is -2.42. The Hall–Kier alpha value is -1.25. The predicted molar refractivity (Wildman–Crippen MR) is 54.8 cm³/mol. The first kappa shape index (κ1) is 13.8. The zero-order chi connectivity index (χ0) is 13.3. The molecule has 1 amide bonds. The van der Waals surface area contributed by atoms with Crippen LogP contribution < -0.4 is 0 Å². The number of nitriles is 1. The Morgan fingerprint density at radius 3 is 2.35 bits per heavy atom. The maximum Gasteiger partial charge on any atom is 0.406 e. The van der Waals surface area contributed by atoms with E-state index in [0.29, 0.717) is 12.8 Å². The molecule has 0 heterocycles. The summed E-state index contributed by atoms with van der Waals surface area (Å²) in [5.41, 5.74) is -1.22. The van der Waals surface area contributed by atoms with Crippen LogP contribution in [0.25, 0.3) is 0 Å². The van der Waals surface area contributed by atoms with Crippen LogP contribution in [0.4, 0.5) is 13.2 Å². The molecule has 96 valence electrons. The van der Waals surface area contributed by atoms with Gasteiger partial charge in [0, 0.05) is 6.54 Å². The zero-order valence-corrected chi connectivity index (χ0v) is 9.84. The Kier molecular flexibility index (Phi) is 3.70. The van der Waals surface area contributed by atoms with Crippen LogP contribution in [-0.2, 0) is 4.79 Å². The molecular formula is C11H15F3N2O. The number of carbonyl (C=O) groups excluding carboxylic acids is 1. The number of amides is 1. The Morgan fingerprint density at radius 2 is 2.06 bits per heavy atom. The summed E-state index contributed by atoms with van der Waals surface area (Å²) < 4.78 is 36.8. The van der Waals surface area contributed by atoms with Gasteiger partial charge in [-0.1, -0.05) is 6.92 Å². The average molecular weight is 248 g/mol. The molecule has 6 heteroatoms. The van der Waals surface area contributed by atoms with E-state index in [1.807, 2.05) is 13.0 Å². The second-order valence-electron chi connectivity index (χ2n) is 4.64. The monoisotopic (exact) mass is 248 g/mol. The van der Waals surface area contributed by atoms with Crippen LogP contribution in [0.2, 0.25) is 0 Å². The van der Waals surface area contributed by atoms with Crippen LogP contribution in [-0.4, -0.2) is 30.1 Å². The number of halogens is 3. The molecule has 0 saturated heterocycles. The van der Waals surface area contributed by atoms with Crippen LogP contribution in [0.3, 0.4) is 0 Å². The molecule has 0 radical (unpaired) electrons. The van der Waals surface area contributed by atoms with Gasteiger partial charge in [0.25, 0.3) is 0 Å². The first-order valence-corrected chi connectivity index (χ1v) is 5.51. The van der Waals surface area contributed by atoms with Crippen molar-refractivity contribution in [2.45, 2.75) is 32.9 Å². The molecule has 0 aliphatic heterocycles. The van der Waals surface area contributed by atoms with Crippen molar-refractivity contribution in [3.63, 3.8) is 0 Å². The largest absolute Gasteiger partial charge is 0.406 e. The van der Waals surface area contributed by atoms with Gasteiger partial charge in [0.2, 0.25) is 5.91 Å². The second-order valence-corrected chi connectivity index (χ2v) is 4.64. The quantitative estimate of drug-likeness (QED) is 0.769. The van der Waals surface area contributed by atoms with Crippen LogP contribution in [0.15, 0.2) is 0 Å². The van der Waals surface area contributed by atoms with Gasteiger partial charge in [0.1, 0.15) is 12.0 Å². The molecular weight excluding hydrogens is 233 g/mol. The van der Waals surface area contributed by atoms with Crippen molar-refractivity contribution in [2.24, 2.45) is 11.3 Å². The molecule has 0 aromatic carbocycles. The van der Waals surface area contributed by atoms with E-state index >= 15 is 0 Å². The summed E-state index contributed by atoms with van der Waals surface area (Å²) in [5, 5.41) is 8.99. The van der Waals surface area contributed by atoms with E-state index in [9.17, 15) is 18.0 Å². The van der Waals surface area contributed by atoms with Gasteiger partial charge >= 0.3 is 6.18 Å². The third-order valence-corrected chi connectivity index (χ3v) is 3.06. The molecule has 0 unspecified atom stereocenters. The molecule has 1 rings (SSSR count). The normalized spacial score (nSPS) is 28.1. The van der Waals surface area contributed by atoms with E-state index in [1.165, 1.54) is 6.92 Å². The smallest absolute Gasteiger partial charge is 0.332 e. The molecule has 0 bridgehead atoms. The first-order chi connectivity index (χ1) is 7.74. The van der Waals surface area contributed by atoms with Crippen molar-refractivity contribution >= 4 is 5.91 Å². The number of hydrogen-bond donors (Lipinski definition) is 0. The SMILES string of the molecule is CCN(CC(F)(F)F)C(=O)C1(C#N)CC(C)C1. The van der Waals surface area contributed by atoms with Gasteiger partial charge in [-0.3, -0.25) is 4.79 Å². The first-order valence-electron chi connectivity index (χ1n) is 5.51. The molecule has 3 nitrogen and oxygen atoms in total. The van der Waals surface area contributed by atoms with Crippen LogP contribution in [0.1, 0.15) is 26.7 Å². The number of carbonyl (C=O) groups is 1. The lowest BCUT2D eigenvalue weighted by atomic mass is 9.62. The maximum absolute atomic E-state index is 12.3. The summed E-state index contributed by atoms with van der Waals surface area (Å²) in [5.74, 6) is -0.457. The van der Waals surface area contributed by atoms with Crippen molar-refractivity contribution in [3.8, 4) is 6.07 Å². The van der Waals surface area contributed by atoms with Crippen molar-refractivity contribution in [1.29, 1.82) is 5.26 Å². The van der Waals surface area contributed by atoms with Gasteiger partial charge in [-0.2, -0.15) is 18.4 Å². The highest BCUT2D eigenvalue weighted by atomic mass is 19.4. The van der Waals surface area contributed by atoms with Gasteiger partial charge in [0.05, 0.1) is 6.07 Å². The molecule has 1 fully saturated rings. The fourth-order valence-corrected chi connectivity index (χ4v) is 2.29. The third kappa shape index (κ3) is 2.90. The van der Waals surface area contributed by atoms with Crippen molar-refractivity contribution in [2.75, 3.05) is 13.1 Å². The summed E-state index contributed by atoms with van der Waals surface area (Å²) in [7, 11) is 0. The predicted octanol–water partition coefficient (Wildman–Crippen LogP) is 2.34.